The van der Waals surface area contributed by atoms with E-state index in [-0.39, 0.29) is 15.8 Å². The van der Waals surface area contributed by atoms with E-state index in [9.17, 15) is 0 Å². The first-order chi connectivity index (χ1) is 4.79. The van der Waals surface area contributed by atoms with Crippen LogP contribution in [0.15, 0.2) is 0 Å². The Morgan fingerprint density at radius 2 is 2.00 bits per heavy atom. The molecule has 0 aromatic heterocycles. The van der Waals surface area contributed by atoms with Crippen molar-refractivity contribution >= 4 is 15.8 Å². The van der Waals surface area contributed by atoms with Crippen molar-refractivity contribution in [3.05, 3.63) is 0 Å². The van der Waals surface area contributed by atoms with Crippen molar-refractivity contribution in [2.75, 3.05) is 40.3 Å². The number of hydrogen-bond donors (Lipinski definition) is 0. The van der Waals surface area contributed by atoms with Crippen LogP contribution >= 0.6 is 0 Å². The fraction of sp³-hybridized carbons (Fsp3) is 1.00. The molecule has 0 aliphatic carbocycles. The molecule has 0 atom stereocenters. The van der Waals surface area contributed by atoms with Crippen molar-refractivity contribution < 1.29 is 3.79 Å². The summed E-state index contributed by atoms with van der Waals surface area (Å²) in [6.07, 6.45) is 0. The van der Waals surface area contributed by atoms with Crippen LogP contribution in [0.3, 0.4) is 0 Å². The fourth-order valence-electron chi connectivity index (χ4n) is 0.959. The van der Waals surface area contributed by atoms with Gasteiger partial charge in [0.05, 0.1) is 0 Å². The average Bonchev–Trinajstić information content (AvgIpc) is 1.90. The van der Waals surface area contributed by atoms with Gasteiger partial charge < -0.3 is 12.6 Å². The largest absolute Gasteiger partial charge is 0.554 e. The standard InChI is InChI=1S/C6H14N2O.Al.H/c1-7-3-4-8(2)5-6-9;;/h3-6H2,1-2H3;;/q-2;+2;. The Morgan fingerprint density at radius 1 is 1.20 bits per heavy atom. The van der Waals surface area contributed by atoms with Gasteiger partial charge in [0.2, 0.25) is 0 Å². The van der Waals surface area contributed by atoms with Gasteiger partial charge in [-0.15, -0.1) is 0 Å². The summed E-state index contributed by atoms with van der Waals surface area (Å²) in [6, 6.07) is 0. The Kier molecular flexibility index (Phi) is 3.68. The van der Waals surface area contributed by atoms with Crippen molar-refractivity contribution in [1.82, 2.24) is 8.78 Å². The normalized spacial score (nSPS) is 25.0. The summed E-state index contributed by atoms with van der Waals surface area (Å²) >= 11 is -0.340. The van der Waals surface area contributed by atoms with Gasteiger partial charge >= 0.3 is 15.8 Å². The number of nitrogens with zero attached hydrogens (tertiary/aromatic N) is 2. The molecule has 0 spiro atoms. The van der Waals surface area contributed by atoms with E-state index >= 15 is 0 Å². The van der Waals surface area contributed by atoms with E-state index in [2.05, 4.69) is 22.9 Å². The average molecular weight is 158 g/mol. The molecule has 0 aromatic carbocycles. The van der Waals surface area contributed by atoms with Gasteiger partial charge in [0.15, 0.2) is 0 Å². The lowest BCUT2D eigenvalue weighted by Gasteiger charge is -2.25. The third-order valence-electron chi connectivity index (χ3n) is 1.79. The highest BCUT2D eigenvalue weighted by molar-refractivity contribution is 6.23. The molecule has 0 aromatic rings. The molecule has 1 saturated heterocycles. The molecule has 0 radical (unpaired) electrons. The minimum Gasteiger partial charge on any atom is -0.490 e. The van der Waals surface area contributed by atoms with E-state index in [0.29, 0.717) is 0 Å². The van der Waals surface area contributed by atoms with Crippen LogP contribution in [0.2, 0.25) is 0 Å². The fourth-order valence-corrected chi connectivity index (χ4v) is 1.80. The molecule has 1 rings (SSSR count). The molecule has 10 heavy (non-hydrogen) atoms. The van der Waals surface area contributed by atoms with Gasteiger partial charge in [0, 0.05) is 19.7 Å². The van der Waals surface area contributed by atoms with Crippen molar-refractivity contribution in [3.63, 3.8) is 0 Å². The summed E-state index contributed by atoms with van der Waals surface area (Å²) in [5.74, 6) is 0. The zero-order valence-corrected chi connectivity index (χ0v) is 8.25. The first kappa shape index (κ1) is 8.51. The first-order valence-corrected chi connectivity index (χ1v) is 4.95. The van der Waals surface area contributed by atoms with Crippen molar-refractivity contribution in [1.29, 1.82) is 0 Å². The lowest BCUT2D eigenvalue weighted by atomic mass is 10.5. The highest BCUT2D eigenvalue weighted by Crippen LogP contribution is 1.90. The summed E-state index contributed by atoms with van der Waals surface area (Å²) in [7, 11) is 4.29. The van der Waals surface area contributed by atoms with Crippen LogP contribution in [0.4, 0.5) is 0 Å². The molecule has 1 aliphatic rings. The summed E-state index contributed by atoms with van der Waals surface area (Å²) < 4.78 is 7.81. The van der Waals surface area contributed by atoms with Crippen LogP contribution in [0.25, 0.3) is 0 Å². The molecule has 0 unspecified atom stereocenters. The minimum atomic E-state index is -0.340. The van der Waals surface area contributed by atoms with Crippen LogP contribution in [0.5, 0.6) is 0 Å². The predicted molar refractivity (Wildman–Crippen MR) is 43.2 cm³/mol. The third kappa shape index (κ3) is 3.00. The molecular weight excluding hydrogens is 143 g/mol. The molecule has 58 valence electrons. The van der Waals surface area contributed by atoms with Crippen molar-refractivity contribution in [3.8, 4) is 0 Å². The summed E-state index contributed by atoms with van der Waals surface area (Å²) in [6.45, 7) is 4.38. The second-order valence-electron chi connectivity index (χ2n) is 2.92. The van der Waals surface area contributed by atoms with Crippen LogP contribution in [0, 0.1) is 0 Å². The monoisotopic (exact) mass is 158 g/mol. The maximum Gasteiger partial charge on any atom is 0.554 e. The van der Waals surface area contributed by atoms with Crippen molar-refractivity contribution in [2.24, 2.45) is 0 Å². The highest BCUT2D eigenvalue weighted by Gasteiger charge is 2.09. The topological polar surface area (TPSA) is 15.7 Å². The molecule has 0 N–H and O–H groups in total. The lowest BCUT2D eigenvalue weighted by molar-refractivity contribution is 0.196. The quantitative estimate of drug-likeness (QED) is 0.427. The second kappa shape index (κ2) is 4.32. The van der Waals surface area contributed by atoms with Gasteiger partial charge in [-0.3, -0.25) is 0 Å². The maximum atomic E-state index is 5.48. The Balaban J connectivity index is 2.23. The molecule has 0 bridgehead atoms. The Labute approximate surface area is 69.2 Å². The van der Waals surface area contributed by atoms with Gasteiger partial charge in [-0.05, 0) is 20.6 Å². The van der Waals surface area contributed by atoms with Crippen LogP contribution in [-0.2, 0) is 3.79 Å². The van der Waals surface area contributed by atoms with Gasteiger partial charge in [0.1, 0.15) is 0 Å². The minimum absolute atomic E-state index is 0.340. The Bertz CT molecular complexity index is 89.7. The van der Waals surface area contributed by atoms with Crippen LogP contribution in [0.1, 0.15) is 0 Å². The molecular formula is C6H15AlN2O. The van der Waals surface area contributed by atoms with E-state index in [0.717, 1.165) is 13.2 Å². The Morgan fingerprint density at radius 3 is 2.80 bits per heavy atom. The predicted octanol–water partition coefficient (Wildman–Crippen LogP) is -0.853. The van der Waals surface area contributed by atoms with Gasteiger partial charge in [0.25, 0.3) is 0 Å². The van der Waals surface area contributed by atoms with E-state index < -0.39 is 0 Å². The molecule has 3 nitrogen and oxygen atoms in total. The van der Waals surface area contributed by atoms with E-state index in [1.54, 1.807) is 0 Å². The zero-order chi connectivity index (χ0) is 7.40. The Hall–Kier alpha value is 0.412. The van der Waals surface area contributed by atoms with Gasteiger partial charge in [-0.1, -0.05) is 0 Å². The summed E-state index contributed by atoms with van der Waals surface area (Å²) in [5, 5.41) is 0. The number of likely N-dealkylation sites (N-methyl/N-ethyl adjacent to an activating group) is 2. The second-order valence-corrected chi connectivity index (χ2v) is 4.67. The maximum absolute atomic E-state index is 5.48. The SMILES string of the molecule is CN1CC[O][AlH][N](C)CC1. The highest BCUT2D eigenvalue weighted by atomic mass is 27.1. The molecule has 1 fully saturated rings. The smallest absolute Gasteiger partial charge is 0.490 e. The van der Waals surface area contributed by atoms with Crippen molar-refractivity contribution in [2.45, 2.75) is 0 Å². The summed E-state index contributed by atoms with van der Waals surface area (Å²) in [4.78, 5) is 2.31. The molecule has 1 heterocycles. The zero-order valence-electron chi connectivity index (χ0n) is 6.84. The molecule has 0 amide bonds. The molecule has 4 heteroatoms. The first-order valence-electron chi connectivity index (χ1n) is 3.74. The van der Waals surface area contributed by atoms with E-state index in [4.69, 9.17) is 3.79 Å². The molecule has 0 saturated carbocycles. The summed E-state index contributed by atoms with van der Waals surface area (Å²) in [5.41, 5.74) is 0. The third-order valence-corrected chi connectivity index (χ3v) is 3.02. The molecule has 1 aliphatic heterocycles. The number of hydrogen-bond acceptors (Lipinski definition) is 3. The van der Waals surface area contributed by atoms with Gasteiger partial charge in [-0.2, -0.15) is 0 Å². The van der Waals surface area contributed by atoms with Crippen LogP contribution in [-0.4, -0.2) is 64.9 Å². The van der Waals surface area contributed by atoms with E-state index in [1.807, 2.05) is 0 Å². The van der Waals surface area contributed by atoms with Gasteiger partial charge in [-0.25, -0.2) is 0 Å². The van der Waals surface area contributed by atoms with Crippen LogP contribution < -0.4 is 0 Å². The van der Waals surface area contributed by atoms with E-state index in [1.165, 1.54) is 13.1 Å². The number of rotatable bonds is 0. The lowest BCUT2D eigenvalue weighted by Crippen LogP contribution is -2.39.